The van der Waals surface area contributed by atoms with Gasteiger partial charge in [-0.05, 0) is 51.4 Å². The van der Waals surface area contributed by atoms with Gasteiger partial charge < -0.3 is 20.3 Å². The Morgan fingerprint density at radius 1 is 0.409 bits per heavy atom. The van der Waals surface area contributed by atoms with Crippen molar-refractivity contribution in [2.24, 2.45) is 0 Å². The molecule has 2 atom stereocenters. The number of aliphatic hydroxyl groups excluding tert-OH is 2. The Morgan fingerprint density at radius 3 is 1.08 bits per heavy atom. The molecule has 0 fully saturated rings. The zero-order chi connectivity index (χ0) is 47.9. The van der Waals surface area contributed by atoms with Crippen LogP contribution in [0.5, 0.6) is 0 Å². The Kier molecular flexibility index (Phi) is 55.0. The number of carbonyl (C=O) groups excluding carboxylic acids is 2. The summed E-state index contributed by atoms with van der Waals surface area (Å²) < 4.78 is 5.46. The molecule has 0 saturated carbocycles. The van der Waals surface area contributed by atoms with Crippen LogP contribution in [0.3, 0.4) is 0 Å². The standard InChI is InChI=1S/C60H117NO5/c1-3-5-7-9-11-13-15-17-18-19-20-21-23-26-29-32-36-40-44-48-52-58(63)57(56-62)61-59(64)53-49-45-41-37-33-30-27-24-22-25-28-31-35-39-43-47-51-55-66-60(65)54-50-46-42-38-34-16-14-12-10-8-6-4-2/h22,25,57-58,62-63H,3-21,23-24,26-56H2,1-2H3,(H,61,64)/b25-22-. The van der Waals surface area contributed by atoms with E-state index in [4.69, 9.17) is 4.74 Å². The number of ether oxygens (including phenoxy) is 1. The monoisotopic (exact) mass is 932 g/mol. The smallest absolute Gasteiger partial charge is 0.305 e. The summed E-state index contributed by atoms with van der Waals surface area (Å²) >= 11 is 0. The predicted octanol–water partition coefficient (Wildman–Crippen LogP) is 18.5. The molecule has 0 aliphatic heterocycles. The Morgan fingerprint density at radius 2 is 0.712 bits per heavy atom. The van der Waals surface area contributed by atoms with Crippen molar-refractivity contribution in [1.29, 1.82) is 0 Å². The van der Waals surface area contributed by atoms with Gasteiger partial charge in [-0.15, -0.1) is 0 Å². The van der Waals surface area contributed by atoms with Crippen molar-refractivity contribution in [3.05, 3.63) is 12.2 Å². The van der Waals surface area contributed by atoms with E-state index in [1.807, 2.05) is 0 Å². The maximum Gasteiger partial charge on any atom is 0.305 e. The van der Waals surface area contributed by atoms with Crippen LogP contribution in [0.4, 0.5) is 0 Å². The largest absolute Gasteiger partial charge is 0.466 e. The second-order valence-corrected chi connectivity index (χ2v) is 20.7. The topological polar surface area (TPSA) is 95.9 Å². The number of esters is 1. The molecule has 66 heavy (non-hydrogen) atoms. The molecule has 0 saturated heterocycles. The molecule has 0 heterocycles. The third kappa shape index (κ3) is 52.0. The summed E-state index contributed by atoms with van der Waals surface area (Å²) in [5.41, 5.74) is 0. The first-order valence-corrected chi connectivity index (χ1v) is 29.9. The Bertz CT molecular complexity index is 986. The molecule has 0 aromatic carbocycles. The third-order valence-corrected chi connectivity index (χ3v) is 14.1. The Hall–Kier alpha value is -1.40. The zero-order valence-corrected chi connectivity index (χ0v) is 44.7. The summed E-state index contributed by atoms with van der Waals surface area (Å²) in [6.45, 7) is 4.95. The van der Waals surface area contributed by atoms with E-state index in [1.54, 1.807) is 0 Å². The van der Waals surface area contributed by atoms with Crippen molar-refractivity contribution in [3.63, 3.8) is 0 Å². The van der Waals surface area contributed by atoms with Crippen LogP contribution in [-0.4, -0.2) is 47.4 Å². The van der Waals surface area contributed by atoms with Gasteiger partial charge in [0.25, 0.3) is 0 Å². The minimum atomic E-state index is -0.672. The van der Waals surface area contributed by atoms with Crippen molar-refractivity contribution in [2.45, 2.75) is 347 Å². The molecular weight excluding hydrogens is 815 g/mol. The molecule has 0 radical (unpaired) electrons. The van der Waals surface area contributed by atoms with Gasteiger partial charge in [0.2, 0.25) is 5.91 Å². The molecule has 0 aromatic heterocycles. The van der Waals surface area contributed by atoms with Crippen LogP contribution >= 0.6 is 0 Å². The van der Waals surface area contributed by atoms with Crippen LogP contribution < -0.4 is 5.32 Å². The first kappa shape index (κ1) is 64.6. The normalized spacial score (nSPS) is 12.6. The highest BCUT2D eigenvalue weighted by molar-refractivity contribution is 5.76. The van der Waals surface area contributed by atoms with Gasteiger partial charge in [0.05, 0.1) is 25.4 Å². The maximum atomic E-state index is 12.5. The summed E-state index contributed by atoms with van der Waals surface area (Å²) in [7, 11) is 0. The van der Waals surface area contributed by atoms with Crippen molar-refractivity contribution >= 4 is 11.9 Å². The number of unbranched alkanes of at least 4 members (excludes halogenated alkanes) is 43. The number of allylic oxidation sites excluding steroid dienone is 2. The van der Waals surface area contributed by atoms with Crippen LogP contribution in [-0.2, 0) is 14.3 Å². The molecule has 1 amide bonds. The zero-order valence-electron chi connectivity index (χ0n) is 44.7. The van der Waals surface area contributed by atoms with Crippen molar-refractivity contribution in [1.82, 2.24) is 5.32 Å². The average molecular weight is 933 g/mol. The first-order valence-electron chi connectivity index (χ1n) is 29.9. The molecule has 2 unspecified atom stereocenters. The fraction of sp³-hybridized carbons (Fsp3) is 0.933. The lowest BCUT2D eigenvalue weighted by Crippen LogP contribution is -2.45. The molecule has 0 spiro atoms. The first-order chi connectivity index (χ1) is 32.5. The minimum absolute atomic E-state index is 0.000314. The SMILES string of the molecule is CCCCCCCCCCCCCCCCCCCCCCC(O)C(CO)NC(=O)CCCCCCCCC/C=C\CCCCCCCCOC(=O)CCCCCCCCCCCCCC. The highest BCUT2D eigenvalue weighted by atomic mass is 16.5. The molecule has 6 heteroatoms. The second-order valence-electron chi connectivity index (χ2n) is 20.7. The van der Waals surface area contributed by atoms with E-state index in [-0.39, 0.29) is 18.5 Å². The molecule has 3 N–H and O–H groups in total. The minimum Gasteiger partial charge on any atom is -0.466 e. The quantitative estimate of drug-likeness (QED) is 0.0321. The van der Waals surface area contributed by atoms with Crippen LogP contribution in [0.1, 0.15) is 335 Å². The van der Waals surface area contributed by atoms with Gasteiger partial charge in [0.15, 0.2) is 0 Å². The van der Waals surface area contributed by atoms with E-state index in [0.29, 0.717) is 25.9 Å². The lowest BCUT2D eigenvalue weighted by Gasteiger charge is -2.22. The van der Waals surface area contributed by atoms with Gasteiger partial charge in [-0.25, -0.2) is 0 Å². The van der Waals surface area contributed by atoms with Crippen LogP contribution in [0.25, 0.3) is 0 Å². The summed E-state index contributed by atoms with van der Waals surface area (Å²) in [4.78, 5) is 24.5. The van der Waals surface area contributed by atoms with E-state index in [2.05, 4.69) is 31.3 Å². The maximum absolute atomic E-state index is 12.5. The molecule has 392 valence electrons. The molecular formula is C60H117NO5. The summed E-state index contributed by atoms with van der Waals surface area (Å²) in [5.74, 6) is -0.0439. The molecule has 0 aliphatic rings. The van der Waals surface area contributed by atoms with Gasteiger partial charge in [0.1, 0.15) is 0 Å². The highest BCUT2D eigenvalue weighted by Crippen LogP contribution is 2.18. The van der Waals surface area contributed by atoms with Crippen molar-refractivity contribution < 1.29 is 24.5 Å². The number of amides is 1. The summed E-state index contributed by atoms with van der Waals surface area (Å²) in [6, 6.07) is -0.550. The fourth-order valence-corrected chi connectivity index (χ4v) is 9.46. The van der Waals surface area contributed by atoms with Gasteiger partial charge in [-0.3, -0.25) is 9.59 Å². The molecule has 6 nitrogen and oxygen atoms in total. The third-order valence-electron chi connectivity index (χ3n) is 14.1. The van der Waals surface area contributed by atoms with Gasteiger partial charge in [-0.2, -0.15) is 0 Å². The van der Waals surface area contributed by atoms with Gasteiger partial charge in [0, 0.05) is 12.8 Å². The van der Waals surface area contributed by atoms with E-state index in [0.717, 1.165) is 51.4 Å². The number of hydrogen-bond donors (Lipinski definition) is 3. The lowest BCUT2D eigenvalue weighted by molar-refractivity contribution is -0.143. The van der Waals surface area contributed by atoms with E-state index in [1.165, 1.54) is 250 Å². The number of nitrogens with one attached hydrogen (secondary N) is 1. The fourth-order valence-electron chi connectivity index (χ4n) is 9.46. The van der Waals surface area contributed by atoms with E-state index >= 15 is 0 Å². The molecule has 0 rings (SSSR count). The van der Waals surface area contributed by atoms with E-state index in [9.17, 15) is 19.8 Å². The summed E-state index contributed by atoms with van der Waals surface area (Å²) in [6.07, 6.45) is 66.3. The Labute approximate surface area is 412 Å². The van der Waals surface area contributed by atoms with Crippen LogP contribution in [0, 0.1) is 0 Å². The lowest BCUT2D eigenvalue weighted by atomic mass is 10.0. The molecule has 0 aliphatic carbocycles. The number of carbonyl (C=O) groups is 2. The highest BCUT2D eigenvalue weighted by Gasteiger charge is 2.20. The van der Waals surface area contributed by atoms with Crippen LogP contribution in [0.2, 0.25) is 0 Å². The number of rotatable bonds is 56. The predicted molar refractivity (Wildman–Crippen MR) is 287 cm³/mol. The Balaban J connectivity index is 3.45. The average Bonchev–Trinajstić information content (AvgIpc) is 3.32. The second kappa shape index (κ2) is 56.2. The van der Waals surface area contributed by atoms with Gasteiger partial charge >= 0.3 is 5.97 Å². The number of hydrogen-bond acceptors (Lipinski definition) is 5. The van der Waals surface area contributed by atoms with Gasteiger partial charge in [-0.1, -0.05) is 283 Å². The van der Waals surface area contributed by atoms with Crippen molar-refractivity contribution in [3.8, 4) is 0 Å². The van der Waals surface area contributed by atoms with Crippen LogP contribution in [0.15, 0.2) is 12.2 Å². The number of aliphatic hydroxyl groups is 2. The van der Waals surface area contributed by atoms with E-state index < -0.39 is 12.1 Å². The molecule has 0 aromatic rings. The molecule has 0 bridgehead atoms. The summed E-state index contributed by atoms with van der Waals surface area (Å²) in [5, 5.41) is 23.3. The van der Waals surface area contributed by atoms with Crippen molar-refractivity contribution in [2.75, 3.05) is 13.2 Å².